The molecule has 0 aromatic carbocycles. The highest BCUT2D eigenvalue weighted by atomic mass is 16.2. The molecule has 0 aliphatic carbocycles. The minimum atomic E-state index is -0.217. The van der Waals surface area contributed by atoms with Crippen molar-refractivity contribution >= 4 is 23.5 Å². The molecule has 0 spiro atoms. The molecule has 0 atom stereocenters. The van der Waals surface area contributed by atoms with E-state index in [9.17, 15) is 9.59 Å². The van der Waals surface area contributed by atoms with Crippen molar-refractivity contribution in [1.29, 1.82) is 0 Å². The molecule has 0 unspecified atom stereocenters. The van der Waals surface area contributed by atoms with Gasteiger partial charge >= 0.3 is 0 Å². The van der Waals surface area contributed by atoms with Crippen LogP contribution in [0, 0.1) is 0 Å². The molecule has 15 heavy (non-hydrogen) atoms. The van der Waals surface area contributed by atoms with E-state index in [4.69, 9.17) is 0 Å². The quantitative estimate of drug-likeness (QED) is 0.764. The lowest BCUT2D eigenvalue weighted by atomic mass is 10.4. The number of carbonyl (C=O) groups excluding carboxylic acids is 2. The summed E-state index contributed by atoms with van der Waals surface area (Å²) in [6, 6.07) is 1.53. The zero-order valence-corrected chi connectivity index (χ0v) is 8.81. The van der Waals surface area contributed by atoms with Crippen LogP contribution in [-0.2, 0) is 9.59 Å². The molecule has 0 saturated carbocycles. The average Bonchev–Trinajstić information content (AvgIpc) is 2.16. The molecule has 1 N–H and O–H groups in total. The molecule has 6 heteroatoms. The van der Waals surface area contributed by atoms with Crippen LogP contribution < -0.4 is 10.2 Å². The third-order valence-corrected chi connectivity index (χ3v) is 1.77. The highest BCUT2D eigenvalue weighted by Gasteiger charge is 2.08. The minimum Gasteiger partial charge on any atom is -0.311 e. The average molecular weight is 208 g/mol. The van der Waals surface area contributed by atoms with Gasteiger partial charge in [0.1, 0.15) is 18.0 Å². The zero-order valence-electron chi connectivity index (χ0n) is 8.81. The van der Waals surface area contributed by atoms with Gasteiger partial charge in [-0.3, -0.25) is 9.59 Å². The van der Waals surface area contributed by atoms with Gasteiger partial charge in [0, 0.05) is 27.0 Å². The van der Waals surface area contributed by atoms with E-state index >= 15 is 0 Å². The monoisotopic (exact) mass is 208 g/mol. The summed E-state index contributed by atoms with van der Waals surface area (Å²) in [4.78, 5) is 31.0. The van der Waals surface area contributed by atoms with Crippen molar-refractivity contribution in [2.24, 2.45) is 0 Å². The predicted molar refractivity (Wildman–Crippen MR) is 55.4 cm³/mol. The van der Waals surface area contributed by atoms with Gasteiger partial charge in [0.05, 0.1) is 0 Å². The van der Waals surface area contributed by atoms with Crippen molar-refractivity contribution in [3.05, 3.63) is 12.4 Å². The number of hydrogen-bond acceptors (Lipinski definition) is 4. The van der Waals surface area contributed by atoms with E-state index in [1.807, 2.05) is 0 Å². The molecule has 80 valence electrons. The molecule has 0 radical (unpaired) electrons. The van der Waals surface area contributed by atoms with Crippen LogP contribution in [0.4, 0.5) is 11.6 Å². The molecule has 0 aliphatic heterocycles. The van der Waals surface area contributed by atoms with E-state index in [1.54, 1.807) is 7.05 Å². The highest BCUT2D eigenvalue weighted by Crippen LogP contribution is 2.12. The minimum absolute atomic E-state index is 0.137. The van der Waals surface area contributed by atoms with Crippen molar-refractivity contribution in [2.45, 2.75) is 13.8 Å². The van der Waals surface area contributed by atoms with Crippen LogP contribution >= 0.6 is 0 Å². The second kappa shape index (κ2) is 4.50. The first-order valence-electron chi connectivity index (χ1n) is 4.34. The predicted octanol–water partition coefficient (Wildman–Crippen LogP) is 0.418. The van der Waals surface area contributed by atoms with Gasteiger partial charge in [0.15, 0.2) is 0 Å². The van der Waals surface area contributed by atoms with Gasteiger partial charge in [-0.05, 0) is 0 Å². The Morgan fingerprint density at radius 3 is 2.53 bits per heavy atom. The van der Waals surface area contributed by atoms with Crippen molar-refractivity contribution in [3.8, 4) is 0 Å². The van der Waals surface area contributed by atoms with E-state index in [2.05, 4.69) is 15.3 Å². The van der Waals surface area contributed by atoms with Gasteiger partial charge in [-0.15, -0.1) is 0 Å². The Bertz CT molecular complexity index is 391. The molecular formula is C9H12N4O2. The van der Waals surface area contributed by atoms with E-state index < -0.39 is 0 Å². The first kappa shape index (κ1) is 11.1. The largest absolute Gasteiger partial charge is 0.311 e. The summed E-state index contributed by atoms with van der Waals surface area (Å²) in [6.45, 7) is 2.82. The Balaban J connectivity index is 2.92. The lowest BCUT2D eigenvalue weighted by Gasteiger charge is -2.13. The second-order valence-corrected chi connectivity index (χ2v) is 3.02. The molecule has 1 rings (SSSR count). The Hall–Kier alpha value is -1.98. The number of carbonyl (C=O) groups is 2. The maximum atomic E-state index is 11.1. The van der Waals surface area contributed by atoms with Crippen LogP contribution in [0.1, 0.15) is 13.8 Å². The summed E-state index contributed by atoms with van der Waals surface area (Å²) in [6.07, 6.45) is 1.29. The summed E-state index contributed by atoms with van der Waals surface area (Å²) in [5.41, 5.74) is 0. The number of rotatable bonds is 2. The highest BCUT2D eigenvalue weighted by molar-refractivity contribution is 5.91. The van der Waals surface area contributed by atoms with Crippen molar-refractivity contribution < 1.29 is 9.59 Å². The normalized spacial score (nSPS) is 9.53. The molecule has 1 aromatic rings. The standard InChI is InChI=1S/C9H12N4O2/c1-6(14)12-8-4-9(11-5-10-8)13(3)7(2)15/h4-5H,1-3H3,(H,10,11,12,14). The van der Waals surface area contributed by atoms with Gasteiger partial charge in [-0.25, -0.2) is 9.97 Å². The van der Waals surface area contributed by atoms with Gasteiger partial charge in [0.2, 0.25) is 11.8 Å². The number of amides is 2. The van der Waals surface area contributed by atoms with E-state index in [0.717, 1.165) is 0 Å². The topological polar surface area (TPSA) is 75.2 Å². The zero-order chi connectivity index (χ0) is 11.4. The third kappa shape index (κ3) is 3.01. The SMILES string of the molecule is CC(=O)Nc1cc(N(C)C(C)=O)ncn1. The second-order valence-electron chi connectivity index (χ2n) is 3.02. The lowest BCUT2D eigenvalue weighted by molar-refractivity contribution is -0.116. The maximum Gasteiger partial charge on any atom is 0.224 e. The Kier molecular flexibility index (Phi) is 3.33. The number of nitrogens with one attached hydrogen (secondary N) is 1. The molecule has 0 aliphatic rings. The van der Waals surface area contributed by atoms with E-state index in [0.29, 0.717) is 11.6 Å². The molecule has 1 aromatic heterocycles. The van der Waals surface area contributed by atoms with Gasteiger partial charge in [0.25, 0.3) is 0 Å². The number of anilines is 2. The van der Waals surface area contributed by atoms with Crippen LogP contribution in [0.2, 0.25) is 0 Å². The van der Waals surface area contributed by atoms with E-state index in [-0.39, 0.29) is 11.8 Å². The molecular weight excluding hydrogens is 196 g/mol. The van der Waals surface area contributed by atoms with Crippen LogP contribution in [0.5, 0.6) is 0 Å². The fourth-order valence-electron chi connectivity index (χ4n) is 0.940. The number of aromatic nitrogens is 2. The summed E-state index contributed by atoms with van der Waals surface area (Å²) in [5, 5.41) is 2.51. The molecule has 1 heterocycles. The van der Waals surface area contributed by atoms with E-state index in [1.165, 1.54) is 31.1 Å². The molecule has 0 fully saturated rings. The van der Waals surface area contributed by atoms with Crippen LogP contribution in [0.25, 0.3) is 0 Å². The Morgan fingerprint density at radius 1 is 1.33 bits per heavy atom. The molecule has 6 nitrogen and oxygen atoms in total. The smallest absolute Gasteiger partial charge is 0.224 e. The van der Waals surface area contributed by atoms with Gasteiger partial charge in [-0.1, -0.05) is 0 Å². The summed E-state index contributed by atoms with van der Waals surface area (Å²) in [7, 11) is 1.60. The summed E-state index contributed by atoms with van der Waals surface area (Å²) >= 11 is 0. The lowest BCUT2D eigenvalue weighted by Crippen LogP contribution is -2.24. The first-order valence-corrected chi connectivity index (χ1v) is 4.34. The third-order valence-electron chi connectivity index (χ3n) is 1.77. The number of nitrogens with zero attached hydrogens (tertiary/aromatic N) is 3. The van der Waals surface area contributed by atoms with Crippen molar-refractivity contribution in [3.63, 3.8) is 0 Å². The van der Waals surface area contributed by atoms with Crippen LogP contribution in [-0.4, -0.2) is 28.8 Å². The summed E-state index contributed by atoms with van der Waals surface area (Å²) < 4.78 is 0. The van der Waals surface area contributed by atoms with Gasteiger partial charge in [-0.2, -0.15) is 0 Å². The van der Waals surface area contributed by atoms with Crippen molar-refractivity contribution in [2.75, 3.05) is 17.3 Å². The number of hydrogen-bond donors (Lipinski definition) is 1. The maximum absolute atomic E-state index is 11.1. The van der Waals surface area contributed by atoms with Gasteiger partial charge < -0.3 is 10.2 Å². The van der Waals surface area contributed by atoms with Crippen LogP contribution in [0.15, 0.2) is 12.4 Å². The first-order chi connectivity index (χ1) is 7.00. The molecule has 0 saturated heterocycles. The summed E-state index contributed by atoms with van der Waals surface area (Å²) in [5.74, 6) is 0.467. The van der Waals surface area contributed by atoms with Crippen molar-refractivity contribution in [1.82, 2.24) is 9.97 Å². The Morgan fingerprint density at radius 2 is 2.00 bits per heavy atom. The molecule has 0 bridgehead atoms. The van der Waals surface area contributed by atoms with Crippen LogP contribution in [0.3, 0.4) is 0 Å². The fourth-order valence-corrected chi connectivity index (χ4v) is 0.940. The molecule has 2 amide bonds. The fraction of sp³-hybridized carbons (Fsp3) is 0.333. The Labute approximate surface area is 87.3 Å².